The van der Waals surface area contributed by atoms with Crippen molar-refractivity contribution in [3.05, 3.63) is 12.7 Å². The molecule has 0 aromatic carbocycles. The molecule has 0 aliphatic heterocycles. The molecule has 0 spiro atoms. The van der Waals surface area contributed by atoms with E-state index in [-0.39, 0.29) is 42.8 Å². The van der Waals surface area contributed by atoms with Crippen molar-refractivity contribution < 1.29 is 61.6 Å². The summed E-state index contributed by atoms with van der Waals surface area (Å²) in [4.78, 5) is 23.1. The summed E-state index contributed by atoms with van der Waals surface area (Å²) in [7, 11) is -4.99. The third-order valence-electron chi connectivity index (χ3n) is 3.32. The van der Waals surface area contributed by atoms with E-state index in [4.69, 9.17) is 4.74 Å². The Bertz CT molecular complexity index is 491. The van der Waals surface area contributed by atoms with E-state index < -0.39 is 33.7 Å². The predicted octanol–water partition coefficient (Wildman–Crippen LogP) is -0.683. The summed E-state index contributed by atoms with van der Waals surface area (Å²) in [6, 6.07) is 0. The smallest absolute Gasteiger partial charge is 0.747 e. The number of carbonyl (C=O) groups excluding carboxylic acids is 2. The fourth-order valence-electron chi connectivity index (χ4n) is 1.99. The van der Waals surface area contributed by atoms with E-state index >= 15 is 0 Å². The van der Waals surface area contributed by atoms with Crippen LogP contribution in [-0.2, 0) is 29.2 Å². The maximum Gasteiger partial charge on any atom is 1.00 e. The van der Waals surface area contributed by atoms with Crippen LogP contribution in [0.3, 0.4) is 0 Å². The molecule has 0 saturated heterocycles. The van der Waals surface area contributed by atoms with Gasteiger partial charge in [-0.2, -0.15) is 0 Å². The molecule has 0 aromatic rings. The zero-order chi connectivity index (χ0) is 18.4. The molecular weight excluding hydrogens is 359 g/mol. The van der Waals surface area contributed by atoms with Gasteiger partial charge in [0.05, 0.1) is 13.0 Å². The molecule has 0 heterocycles. The SMILES string of the molecule is C=CCOC(=O)CC(C(=O)OCCCCCCCCC)S(=O)(=O)[O-].[Na+]. The molecule has 0 aliphatic rings. The summed E-state index contributed by atoms with van der Waals surface area (Å²) in [5, 5.41) is -2.07. The first kappa shape index (κ1) is 26.8. The van der Waals surface area contributed by atoms with Gasteiger partial charge in [-0.1, -0.05) is 58.1 Å². The first-order valence-electron chi connectivity index (χ1n) is 8.20. The van der Waals surface area contributed by atoms with Crippen LogP contribution in [0.1, 0.15) is 58.3 Å². The topological polar surface area (TPSA) is 110 Å². The molecular formula is C16H27NaO7S. The molecule has 0 rings (SSSR count). The number of hydrogen-bond donors (Lipinski definition) is 0. The van der Waals surface area contributed by atoms with Crippen LogP contribution in [0.15, 0.2) is 12.7 Å². The van der Waals surface area contributed by atoms with Gasteiger partial charge < -0.3 is 14.0 Å². The van der Waals surface area contributed by atoms with Crippen LogP contribution in [0.4, 0.5) is 0 Å². The van der Waals surface area contributed by atoms with Crippen molar-refractivity contribution >= 4 is 22.1 Å². The van der Waals surface area contributed by atoms with Crippen molar-refractivity contribution in [1.29, 1.82) is 0 Å². The molecule has 0 aromatic heterocycles. The van der Waals surface area contributed by atoms with Crippen LogP contribution in [-0.4, -0.2) is 43.4 Å². The van der Waals surface area contributed by atoms with E-state index in [1.54, 1.807) is 0 Å². The molecule has 0 N–H and O–H groups in total. The summed E-state index contributed by atoms with van der Waals surface area (Å²) < 4.78 is 42.8. The normalized spacial score (nSPS) is 11.9. The standard InChI is InChI=1S/C16H28O7S.Na/c1-3-5-6-7-8-9-10-12-23-16(18)14(24(19,20)21)13-15(17)22-11-4-2;/h4,14H,2-3,5-13H2,1H3,(H,19,20,21);/q;+1/p-1. The van der Waals surface area contributed by atoms with Gasteiger partial charge in [0, 0.05) is 0 Å². The van der Waals surface area contributed by atoms with E-state index in [1.807, 2.05) is 0 Å². The fraction of sp³-hybridized carbons (Fsp3) is 0.750. The molecule has 0 fully saturated rings. The summed E-state index contributed by atoms with van der Waals surface area (Å²) in [6.07, 6.45) is 7.52. The zero-order valence-corrected chi connectivity index (χ0v) is 18.0. The van der Waals surface area contributed by atoms with Gasteiger partial charge in [-0.05, 0) is 6.42 Å². The Morgan fingerprint density at radius 2 is 1.64 bits per heavy atom. The maximum atomic E-state index is 11.7. The average Bonchev–Trinajstić information content (AvgIpc) is 2.51. The second kappa shape index (κ2) is 15.8. The van der Waals surface area contributed by atoms with Crippen LogP contribution in [0.25, 0.3) is 0 Å². The van der Waals surface area contributed by atoms with E-state index in [0.717, 1.165) is 25.7 Å². The Hall–Kier alpha value is -0.410. The molecule has 0 amide bonds. The summed E-state index contributed by atoms with van der Waals surface area (Å²) in [5.74, 6) is -2.17. The average molecular weight is 386 g/mol. The second-order valence-electron chi connectivity index (χ2n) is 5.45. The first-order chi connectivity index (χ1) is 11.3. The number of unbranched alkanes of at least 4 members (excludes halogenated alkanes) is 6. The maximum absolute atomic E-state index is 11.7. The van der Waals surface area contributed by atoms with Crippen molar-refractivity contribution in [3.8, 4) is 0 Å². The van der Waals surface area contributed by atoms with Crippen molar-refractivity contribution in [2.24, 2.45) is 0 Å². The molecule has 9 heteroatoms. The van der Waals surface area contributed by atoms with Crippen LogP contribution in [0.2, 0.25) is 0 Å². The minimum Gasteiger partial charge on any atom is -0.747 e. The Morgan fingerprint density at radius 1 is 1.08 bits per heavy atom. The molecule has 1 atom stereocenters. The predicted molar refractivity (Wildman–Crippen MR) is 88.2 cm³/mol. The molecule has 1 unspecified atom stereocenters. The molecule has 25 heavy (non-hydrogen) atoms. The van der Waals surface area contributed by atoms with Crippen LogP contribution in [0, 0.1) is 0 Å². The Labute approximate surface area is 172 Å². The van der Waals surface area contributed by atoms with Crippen molar-refractivity contribution in [2.75, 3.05) is 13.2 Å². The van der Waals surface area contributed by atoms with Gasteiger partial charge in [-0.15, -0.1) is 0 Å². The number of esters is 2. The summed E-state index contributed by atoms with van der Waals surface area (Å²) >= 11 is 0. The molecule has 0 aliphatic carbocycles. The van der Waals surface area contributed by atoms with E-state index in [1.165, 1.54) is 18.9 Å². The van der Waals surface area contributed by atoms with Gasteiger partial charge in [0.2, 0.25) is 0 Å². The first-order valence-corrected chi connectivity index (χ1v) is 9.68. The fourth-order valence-corrected chi connectivity index (χ4v) is 2.63. The van der Waals surface area contributed by atoms with Gasteiger partial charge in [0.25, 0.3) is 0 Å². The largest absolute Gasteiger partial charge is 1.00 e. The Morgan fingerprint density at radius 3 is 2.16 bits per heavy atom. The number of ether oxygens (including phenoxy) is 2. The zero-order valence-electron chi connectivity index (χ0n) is 15.2. The van der Waals surface area contributed by atoms with Crippen molar-refractivity contribution in [1.82, 2.24) is 0 Å². The minimum absolute atomic E-state index is 0. The molecule has 140 valence electrons. The summed E-state index contributed by atoms with van der Waals surface area (Å²) in [6.45, 7) is 5.36. The van der Waals surface area contributed by atoms with Gasteiger partial charge >= 0.3 is 41.5 Å². The quantitative estimate of drug-likeness (QED) is 0.128. The molecule has 0 bridgehead atoms. The van der Waals surface area contributed by atoms with Crippen LogP contribution < -0.4 is 29.6 Å². The Kier molecular flexibility index (Phi) is 17.0. The number of carbonyl (C=O) groups is 2. The monoisotopic (exact) mass is 386 g/mol. The molecule has 0 radical (unpaired) electrons. The van der Waals surface area contributed by atoms with Gasteiger partial charge in [0.1, 0.15) is 16.7 Å². The van der Waals surface area contributed by atoms with E-state index in [0.29, 0.717) is 6.42 Å². The summed E-state index contributed by atoms with van der Waals surface area (Å²) in [5.41, 5.74) is 0. The minimum atomic E-state index is -4.99. The molecule has 0 saturated carbocycles. The third kappa shape index (κ3) is 14.4. The van der Waals surface area contributed by atoms with E-state index in [2.05, 4.69) is 18.2 Å². The van der Waals surface area contributed by atoms with Crippen LogP contribution in [0.5, 0.6) is 0 Å². The van der Waals surface area contributed by atoms with Gasteiger partial charge in [0.15, 0.2) is 5.25 Å². The Balaban J connectivity index is 0. The van der Waals surface area contributed by atoms with Crippen LogP contribution >= 0.6 is 0 Å². The molecule has 7 nitrogen and oxygen atoms in total. The van der Waals surface area contributed by atoms with E-state index in [9.17, 15) is 22.6 Å². The van der Waals surface area contributed by atoms with Gasteiger partial charge in [-0.25, -0.2) is 8.42 Å². The number of hydrogen-bond acceptors (Lipinski definition) is 7. The van der Waals surface area contributed by atoms with Crippen molar-refractivity contribution in [2.45, 2.75) is 63.5 Å². The number of rotatable bonds is 14. The van der Waals surface area contributed by atoms with Gasteiger partial charge in [-0.3, -0.25) is 9.59 Å². The van der Waals surface area contributed by atoms with Crippen molar-refractivity contribution in [3.63, 3.8) is 0 Å². The second-order valence-corrected chi connectivity index (χ2v) is 7.00. The third-order valence-corrected chi connectivity index (χ3v) is 4.37.